The van der Waals surface area contributed by atoms with Crippen molar-refractivity contribution in [2.24, 2.45) is 5.92 Å². The summed E-state index contributed by atoms with van der Waals surface area (Å²) in [5, 5.41) is 2.60. The maximum absolute atomic E-state index is 11.9. The molecule has 1 unspecified atom stereocenters. The summed E-state index contributed by atoms with van der Waals surface area (Å²) in [6.45, 7) is 0.130. The van der Waals surface area contributed by atoms with Gasteiger partial charge in [-0.2, -0.15) is 13.2 Å². The molecule has 0 spiro atoms. The van der Waals surface area contributed by atoms with E-state index in [4.69, 9.17) is 0 Å². The van der Waals surface area contributed by atoms with Crippen molar-refractivity contribution in [1.82, 2.24) is 5.32 Å². The maximum Gasteiger partial charge on any atom is 0.450 e. The van der Waals surface area contributed by atoms with Crippen molar-refractivity contribution in [1.29, 1.82) is 0 Å². The van der Waals surface area contributed by atoms with Crippen LogP contribution in [0.4, 0.5) is 13.2 Å². The Labute approximate surface area is 72.3 Å². The van der Waals surface area contributed by atoms with Gasteiger partial charge in [0.25, 0.3) is 0 Å². The van der Waals surface area contributed by atoms with Crippen LogP contribution < -0.4 is 5.32 Å². The van der Waals surface area contributed by atoms with Crippen molar-refractivity contribution in [3.8, 4) is 0 Å². The van der Waals surface area contributed by atoms with E-state index < -0.39 is 23.7 Å². The van der Waals surface area contributed by atoms with E-state index in [1.807, 2.05) is 0 Å². The zero-order valence-electron chi connectivity index (χ0n) is 6.65. The molecule has 1 heterocycles. The molecule has 0 aromatic carbocycles. The Bertz CT molecular complexity index is 236. The monoisotopic (exact) mass is 195 g/mol. The largest absolute Gasteiger partial charge is 0.450 e. The first kappa shape index (κ1) is 10.2. The number of piperidine rings is 1. The standard InChI is InChI=1S/C7H8F3NO2/c8-7(9,10)6(13)4-1-2-11-3-5(4)12/h4,11H,1-3H2. The van der Waals surface area contributed by atoms with Gasteiger partial charge in [0, 0.05) is 0 Å². The number of alkyl halides is 3. The molecule has 74 valence electrons. The lowest BCUT2D eigenvalue weighted by atomic mass is 9.92. The van der Waals surface area contributed by atoms with E-state index in [0.29, 0.717) is 0 Å². The van der Waals surface area contributed by atoms with Crippen LogP contribution in [0.15, 0.2) is 0 Å². The second kappa shape index (κ2) is 3.45. The molecule has 0 aromatic rings. The molecule has 0 aliphatic carbocycles. The SMILES string of the molecule is O=C1CNCCC1C(=O)C(F)(F)F. The van der Waals surface area contributed by atoms with Crippen molar-refractivity contribution < 1.29 is 22.8 Å². The third kappa shape index (κ3) is 2.27. The van der Waals surface area contributed by atoms with E-state index in [2.05, 4.69) is 5.32 Å². The van der Waals surface area contributed by atoms with E-state index >= 15 is 0 Å². The Kier molecular flexibility index (Phi) is 2.70. The van der Waals surface area contributed by atoms with Crippen LogP contribution in [0.3, 0.4) is 0 Å². The highest BCUT2D eigenvalue weighted by atomic mass is 19.4. The summed E-state index contributed by atoms with van der Waals surface area (Å²) >= 11 is 0. The highest BCUT2D eigenvalue weighted by Crippen LogP contribution is 2.24. The van der Waals surface area contributed by atoms with E-state index in [-0.39, 0.29) is 19.5 Å². The van der Waals surface area contributed by atoms with Crippen molar-refractivity contribution in [3.63, 3.8) is 0 Å². The third-order valence-electron chi connectivity index (χ3n) is 1.89. The van der Waals surface area contributed by atoms with Gasteiger partial charge < -0.3 is 5.32 Å². The fourth-order valence-corrected chi connectivity index (χ4v) is 1.22. The van der Waals surface area contributed by atoms with E-state index in [9.17, 15) is 22.8 Å². The summed E-state index contributed by atoms with van der Waals surface area (Å²) < 4.78 is 35.7. The normalized spacial score (nSPS) is 24.5. The molecule has 6 heteroatoms. The predicted molar refractivity (Wildman–Crippen MR) is 37.0 cm³/mol. The molecule has 3 nitrogen and oxygen atoms in total. The molecule has 1 rings (SSSR count). The highest BCUT2D eigenvalue weighted by molar-refractivity contribution is 6.05. The van der Waals surface area contributed by atoms with Gasteiger partial charge in [0.05, 0.1) is 12.5 Å². The van der Waals surface area contributed by atoms with Gasteiger partial charge in [0.2, 0.25) is 5.78 Å². The van der Waals surface area contributed by atoms with Crippen molar-refractivity contribution in [2.75, 3.05) is 13.1 Å². The van der Waals surface area contributed by atoms with E-state index in [1.54, 1.807) is 0 Å². The minimum absolute atomic E-state index is 0.0584. The number of hydrogen-bond donors (Lipinski definition) is 1. The van der Waals surface area contributed by atoms with Gasteiger partial charge in [-0.05, 0) is 13.0 Å². The topological polar surface area (TPSA) is 46.2 Å². The van der Waals surface area contributed by atoms with Gasteiger partial charge >= 0.3 is 6.18 Å². The first-order valence-corrected chi connectivity index (χ1v) is 3.77. The number of hydrogen-bond acceptors (Lipinski definition) is 3. The number of carbonyl (C=O) groups excluding carboxylic acids is 2. The van der Waals surface area contributed by atoms with Crippen molar-refractivity contribution >= 4 is 11.6 Å². The van der Waals surface area contributed by atoms with Gasteiger partial charge in [0.15, 0.2) is 5.78 Å². The van der Waals surface area contributed by atoms with E-state index in [0.717, 1.165) is 0 Å². The quantitative estimate of drug-likeness (QED) is 0.612. The number of rotatable bonds is 1. The fraction of sp³-hybridized carbons (Fsp3) is 0.714. The number of Topliss-reactive ketones (excluding diaryl/α,β-unsaturated/α-hetero) is 2. The summed E-state index contributed by atoms with van der Waals surface area (Å²) in [4.78, 5) is 21.6. The zero-order chi connectivity index (χ0) is 10.1. The van der Waals surface area contributed by atoms with Crippen LogP contribution in [0.2, 0.25) is 0 Å². The maximum atomic E-state index is 11.9. The average molecular weight is 195 g/mol. The van der Waals surface area contributed by atoms with Gasteiger partial charge in [-0.25, -0.2) is 0 Å². The smallest absolute Gasteiger partial charge is 0.310 e. The number of ketones is 2. The van der Waals surface area contributed by atoms with Crippen LogP contribution in [0, 0.1) is 5.92 Å². The lowest BCUT2D eigenvalue weighted by Crippen LogP contribution is -2.44. The van der Waals surface area contributed by atoms with Gasteiger partial charge in [-0.1, -0.05) is 0 Å². The molecule has 1 atom stereocenters. The average Bonchev–Trinajstić information content (AvgIpc) is 2.02. The molecule has 1 saturated heterocycles. The molecule has 13 heavy (non-hydrogen) atoms. The van der Waals surface area contributed by atoms with Crippen LogP contribution in [0.5, 0.6) is 0 Å². The minimum Gasteiger partial charge on any atom is -0.310 e. The second-order valence-electron chi connectivity index (χ2n) is 2.85. The van der Waals surface area contributed by atoms with Crippen LogP contribution in [-0.4, -0.2) is 30.8 Å². The number of nitrogens with one attached hydrogen (secondary N) is 1. The minimum atomic E-state index is -4.89. The highest BCUT2D eigenvalue weighted by Gasteiger charge is 2.46. The number of carbonyl (C=O) groups is 2. The summed E-state index contributed by atoms with van der Waals surface area (Å²) in [7, 11) is 0. The Morgan fingerprint density at radius 3 is 2.54 bits per heavy atom. The third-order valence-corrected chi connectivity index (χ3v) is 1.89. The van der Waals surface area contributed by atoms with Gasteiger partial charge in [-0.15, -0.1) is 0 Å². The first-order chi connectivity index (χ1) is 5.93. The molecule has 0 bridgehead atoms. The fourth-order valence-electron chi connectivity index (χ4n) is 1.22. The van der Waals surface area contributed by atoms with Gasteiger partial charge in [-0.3, -0.25) is 9.59 Å². The Morgan fingerprint density at radius 2 is 2.08 bits per heavy atom. The van der Waals surface area contributed by atoms with Crippen molar-refractivity contribution in [2.45, 2.75) is 12.6 Å². The lowest BCUT2D eigenvalue weighted by Gasteiger charge is -2.20. The Balaban J connectivity index is 2.70. The first-order valence-electron chi connectivity index (χ1n) is 3.77. The van der Waals surface area contributed by atoms with Crippen molar-refractivity contribution in [3.05, 3.63) is 0 Å². The second-order valence-corrected chi connectivity index (χ2v) is 2.85. The zero-order valence-corrected chi connectivity index (χ0v) is 6.65. The molecule has 1 fully saturated rings. The lowest BCUT2D eigenvalue weighted by molar-refractivity contribution is -0.177. The molecular formula is C7H8F3NO2. The number of halogens is 3. The van der Waals surface area contributed by atoms with Crippen LogP contribution in [-0.2, 0) is 9.59 Å². The van der Waals surface area contributed by atoms with Crippen LogP contribution in [0.25, 0.3) is 0 Å². The van der Waals surface area contributed by atoms with Crippen LogP contribution in [0.1, 0.15) is 6.42 Å². The Morgan fingerprint density at radius 1 is 1.46 bits per heavy atom. The molecule has 1 aliphatic heterocycles. The summed E-state index contributed by atoms with van der Waals surface area (Å²) in [5.74, 6) is -4.08. The summed E-state index contributed by atoms with van der Waals surface area (Å²) in [6.07, 6.45) is -4.95. The Hall–Kier alpha value is -0.910. The predicted octanol–water partition coefficient (Wildman–Crippen LogP) is 0.296. The molecule has 0 aromatic heterocycles. The summed E-state index contributed by atoms with van der Waals surface area (Å²) in [5.41, 5.74) is 0. The molecule has 0 amide bonds. The molecule has 1 N–H and O–H groups in total. The molecular weight excluding hydrogens is 187 g/mol. The molecule has 0 saturated carbocycles. The van der Waals surface area contributed by atoms with Gasteiger partial charge in [0.1, 0.15) is 0 Å². The summed E-state index contributed by atoms with van der Waals surface area (Å²) in [6, 6.07) is 0. The molecule has 1 aliphatic rings. The van der Waals surface area contributed by atoms with Crippen LogP contribution >= 0.6 is 0 Å². The molecule has 0 radical (unpaired) electrons. The van der Waals surface area contributed by atoms with E-state index in [1.165, 1.54) is 0 Å².